The Morgan fingerprint density at radius 1 is 1.44 bits per heavy atom. The van der Waals surface area contributed by atoms with Crippen molar-refractivity contribution >= 4 is 5.69 Å². The number of hydrogen-bond donors (Lipinski definition) is 1. The second-order valence-electron chi connectivity index (χ2n) is 5.17. The number of piperazine rings is 1. The number of aliphatic hydroxyl groups is 1. The maximum atomic E-state index is 9.73. The molecule has 18 heavy (non-hydrogen) atoms. The molecule has 1 aliphatic rings. The average Bonchev–Trinajstić information content (AvgIpc) is 2.38. The summed E-state index contributed by atoms with van der Waals surface area (Å²) in [5, 5.41) is 9.73. The van der Waals surface area contributed by atoms with Crippen LogP contribution in [0.5, 0.6) is 0 Å². The van der Waals surface area contributed by atoms with Gasteiger partial charge in [-0.2, -0.15) is 0 Å². The molecule has 2 rings (SSSR count). The molecule has 0 aliphatic carbocycles. The van der Waals surface area contributed by atoms with E-state index in [4.69, 9.17) is 0 Å². The van der Waals surface area contributed by atoms with Crippen molar-refractivity contribution in [2.75, 3.05) is 31.6 Å². The lowest BCUT2D eigenvalue weighted by Crippen LogP contribution is -2.50. The Kier molecular flexibility index (Phi) is 4.19. The first kappa shape index (κ1) is 13.3. The Balaban J connectivity index is 2.09. The number of likely N-dealkylation sites (N-methyl/N-ethyl adjacent to an activating group) is 1. The highest BCUT2D eigenvalue weighted by Gasteiger charge is 2.21. The third kappa shape index (κ3) is 2.82. The van der Waals surface area contributed by atoms with Gasteiger partial charge in [0.15, 0.2) is 0 Å². The molecule has 0 bridgehead atoms. The molecule has 100 valence electrons. The number of nitrogens with zero attached hydrogens (tertiary/aromatic N) is 3. The van der Waals surface area contributed by atoms with E-state index in [2.05, 4.69) is 34.8 Å². The summed E-state index contributed by atoms with van der Waals surface area (Å²) in [6, 6.07) is 4.52. The monoisotopic (exact) mass is 249 g/mol. The molecule has 0 radical (unpaired) electrons. The average molecular weight is 249 g/mol. The van der Waals surface area contributed by atoms with Gasteiger partial charge in [0.05, 0.1) is 23.7 Å². The van der Waals surface area contributed by atoms with Gasteiger partial charge >= 0.3 is 0 Å². The second kappa shape index (κ2) is 5.67. The van der Waals surface area contributed by atoms with E-state index in [9.17, 15) is 5.11 Å². The third-order valence-electron chi connectivity index (χ3n) is 3.66. The van der Waals surface area contributed by atoms with E-state index in [1.165, 1.54) is 0 Å². The van der Waals surface area contributed by atoms with Crippen molar-refractivity contribution in [3.8, 4) is 0 Å². The van der Waals surface area contributed by atoms with Crippen LogP contribution in [0.1, 0.15) is 32.1 Å². The zero-order valence-corrected chi connectivity index (χ0v) is 11.5. The molecule has 2 atom stereocenters. The van der Waals surface area contributed by atoms with Crippen molar-refractivity contribution in [1.29, 1.82) is 0 Å². The molecule has 0 saturated carbocycles. The summed E-state index contributed by atoms with van der Waals surface area (Å²) in [4.78, 5) is 9.11. The van der Waals surface area contributed by atoms with Gasteiger partial charge in [-0.25, -0.2) is 0 Å². The van der Waals surface area contributed by atoms with E-state index in [1.807, 2.05) is 19.2 Å². The van der Waals surface area contributed by atoms with Crippen LogP contribution in [-0.2, 0) is 0 Å². The first-order valence-corrected chi connectivity index (χ1v) is 6.71. The van der Waals surface area contributed by atoms with Crippen LogP contribution in [0, 0.1) is 0 Å². The van der Waals surface area contributed by atoms with Crippen LogP contribution in [0.2, 0.25) is 0 Å². The molecule has 0 spiro atoms. The maximum absolute atomic E-state index is 9.73. The minimum absolute atomic E-state index is 0.441. The molecule has 0 amide bonds. The van der Waals surface area contributed by atoms with Crippen molar-refractivity contribution in [3.63, 3.8) is 0 Å². The van der Waals surface area contributed by atoms with Crippen LogP contribution in [0.3, 0.4) is 0 Å². The van der Waals surface area contributed by atoms with Crippen LogP contribution in [-0.4, -0.2) is 47.7 Å². The van der Waals surface area contributed by atoms with Crippen LogP contribution in [0.4, 0.5) is 5.69 Å². The summed E-state index contributed by atoms with van der Waals surface area (Å²) in [5.41, 5.74) is 1.92. The van der Waals surface area contributed by atoms with Crippen molar-refractivity contribution < 1.29 is 5.11 Å². The van der Waals surface area contributed by atoms with Gasteiger partial charge in [-0.15, -0.1) is 0 Å². The fourth-order valence-electron chi connectivity index (χ4n) is 2.50. The van der Waals surface area contributed by atoms with Crippen molar-refractivity contribution in [2.45, 2.75) is 32.4 Å². The molecular weight excluding hydrogens is 226 g/mol. The van der Waals surface area contributed by atoms with E-state index in [-0.39, 0.29) is 0 Å². The third-order valence-corrected chi connectivity index (χ3v) is 3.66. The lowest BCUT2D eigenvalue weighted by Gasteiger charge is -2.39. The maximum Gasteiger partial charge on any atom is 0.0957 e. The minimum atomic E-state index is -0.441. The number of rotatable bonds is 3. The Bertz CT molecular complexity index is 379. The highest BCUT2D eigenvalue weighted by atomic mass is 16.3. The van der Waals surface area contributed by atoms with Gasteiger partial charge in [0, 0.05) is 25.7 Å². The largest absolute Gasteiger partial charge is 0.387 e. The summed E-state index contributed by atoms with van der Waals surface area (Å²) < 4.78 is 0. The number of hydrogen-bond acceptors (Lipinski definition) is 4. The second-order valence-corrected chi connectivity index (χ2v) is 5.17. The van der Waals surface area contributed by atoms with E-state index < -0.39 is 6.10 Å². The van der Waals surface area contributed by atoms with Gasteiger partial charge in [-0.3, -0.25) is 4.98 Å². The van der Waals surface area contributed by atoms with E-state index in [1.54, 1.807) is 0 Å². The van der Waals surface area contributed by atoms with E-state index in [0.29, 0.717) is 12.5 Å². The highest BCUT2D eigenvalue weighted by molar-refractivity contribution is 5.46. The van der Waals surface area contributed by atoms with Gasteiger partial charge in [-0.1, -0.05) is 6.92 Å². The van der Waals surface area contributed by atoms with Crippen LogP contribution in [0.25, 0.3) is 0 Å². The summed E-state index contributed by atoms with van der Waals surface area (Å²) in [6.07, 6.45) is 2.15. The van der Waals surface area contributed by atoms with Gasteiger partial charge in [0.1, 0.15) is 0 Å². The van der Waals surface area contributed by atoms with Gasteiger partial charge in [0.2, 0.25) is 0 Å². The molecule has 1 aliphatic heterocycles. The molecular formula is C14H23N3O. The molecule has 4 heteroatoms. The molecule has 2 heterocycles. The van der Waals surface area contributed by atoms with Crippen LogP contribution >= 0.6 is 0 Å². The quantitative estimate of drug-likeness (QED) is 0.884. The zero-order chi connectivity index (χ0) is 13.1. The van der Waals surface area contributed by atoms with E-state index >= 15 is 0 Å². The molecule has 4 nitrogen and oxygen atoms in total. The Hall–Kier alpha value is -1.13. The Labute approximate surface area is 109 Å². The molecule has 0 aromatic carbocycles. The van der Waals surface area contributed by atoms with Gasteiger partial charge in [-0.05, 0) is 32.5 Å². The van der Waals surface area contributed by atoms with E-state index in [0.717, 1.165) is 31.0 Å². The predicted octanol–water partition coefficient (Wildman–Crippen LogP) is 1.67. The summed E-state index contributed by atoms with van der Waals surface area (Å²) >= 11 is 0. The molecule has 1 N–H and O–H groups in total. The fourth-order valence-corrected chi connectivity index (χ4v) is 2.50. The summed E-state index contributed by atoms with van der Waals surface area (Å²) in [6.45, 7) is 7.41. The van der Waals surface area contributed by atoms with Crippen LogP contribution < -0.4 is 4.90 Å². The molecule has 1 aromatic rings. The minimum Gasteiger partial charge on any atom is -0.387 e. The van der Waals surface area contributed by atoms with Crippen LogP contribution in [0.15, 0.2) is 18.3 Å². The summed E-state index contributed by atoms with van der Waals surface area (Å²) in [5.74, 6) is 0. The van der Waals surface area contributed by atoms with Crippen molar-refractivity contribution in [3.05, 3.63) is 24.0 Å². The van der Waals surface area contributed by atoms with Crippen molar-refractivity contribution in [2.24, 2.45) is 0 Å². The number of pyridine rings is 1. The first-order valence-electron chi connectivity index (χ1n) is 6.71. The SMILES string of the molecule is CC[C@@H](O)c1ccc(N2CCN(C)CC2C)cn1. The molecule has 1 aromatic heterocycles. The highest BCUT2D eigenvalue weighted by Crippen LogP contribution is 2.21. The fraction of sp³-hybridized carbons (Fsp3) is 0.643. The number of aromatic nitrogens is 1. The van der Waals surface area contributed by atoms with Gasteiger partial charge in [0.25, 0.3) is 0 Å². The molecule has 1 unspecified atom stereocenters. The lowest BCUT2D eigenvalue weighted by molar-refractivity contribution is 0.169. The smallest absolute Gasteiger partial charge is 0.0957 e. The molecule has 1 saturated heterocycles. The normalized spacial score (nSPS) is 23.1. The summed E-state index contributed by atoms with van der Waals surface area (Å²) in [7, 11) is 2.16. The zero-order valence-electron chi connectivity index (χ0n) is 11.5. The topological polar surface area (TPSA) is 39.6 Å². The number of aliphatic hydroxyl groups excluding tert-OH is 1. The number of anilines is 1. The standard InChI is InChI=1S/C14H23N3O/c1-4-14(18)13-6-5-12(9-15-13)17-8-7-16(3)10-11(17)2/h5-6,9,11,14,18H,4,7-8,10H2,1-3H3/t11?,14-/m1/s1. The Morgan fingerprint density at radius 3 is 2.78 bits per heavy atom. The molecule has 1 fully saturated rings. The van der Waals surface area contributed by atoms with Gasteiger partial charge < -0.3 is 14.9 Å². The lowest BCUT2D eigenvalue weighted by atomic mass is 10.1. The first-order chi connectivity index (χ1) is 8.61. The predicted molar refractivity (Wildman–Crippen MR) is 73.8 cm³/mol. The van der Waals surface area contributed by atoms with Crippen molar-refractivity contribution in [1.82, 2.24) is 9.88 Å². The Morgan fingerprint density at radius 2 is 2.22 bits per heavy atom.